The maximum atomic E-state index is 5.67. The van der Waals surface area contributed by atoms with Crippen LogP contribution in [0, 0.1) is 0 Å². The molecule has 0 spiro atoms. The summed E-state index contributed by atoms with van der Waals surface area (Å²) >= 11 is 0. The molecule has 0 aliphatic carbocycles. The van der Waals surface area contributed by atoms with Crippen molar-refractivity contribution in [2.75, 3.05) is 13.2 Å². The van der Waals surface area contributed by atoms with E-state index in [1.165, 1.54) is 0 Å². The zero-order chi connectivity index (χ0) is 14.0. The topological polar surface area (TPSA) is 18.5 Å². The first-order valence-electron chi connectivity index (χ1n) is 6.91. The van der Waals surface area contributed by atoms with Crippen molar-refractivity contribution in [3.05, 3.63) is 66.7 Å². The minimum atomic E-state index is 0.714. The molecule has 0 fully saturated rings. The molecule has 0 aliphatic rings. The lowest BCUT2D eigenvalue weighted by atomic mass is 10.2. The fraction of sp³-hybridized carbons (Fsp3) is 0.222. The fourth-order valence-corrected chi connectivity index (χ4v) is 1.80. The van der Waals surface area contributed by atoms with E-state index in [-0.39, 0.29) is 0 Å². The maximum Gasteiger partial charge on any atom is 0.119 e. The Balaban J connectivity index is 1.58. The van der Waals surface area contributed by atoms with E-state index in [9.17, 15) is 0 Å². The van der Waals surface area contributed by atoms with E-state index in [4.69, 9.17) is 9.47 Å². The predicted octanol–water partition coefficient (Wildman–Crippen LogP) is 4.57. The second kappa shape index (κ2) is 8.05. The van der Waals surface area contributed by atoms with Crippen molar-refractivity contribution >= 4 is 6.08 Å². The van der Waals surface area contributed by atoms with Gasteiger partial charge in [0.1, 0.15) is 11.5 Å². The van der Waals surface area contributed by atoms with Gasteiger partial charge in [-0.25, -0.2) is 0 Å². The minimum Gasteiger partial charge on any atom is -0.494 e. The lowest BCUT2D eigenvalue weighted by molar-refractivity contribution is 0.266. The van der Waals surface area contributed by atoms with Gasteiger partial charge in [-0.05, 0) is 42.7 Å². The average molecular weight is 268 g/mol. The van der Waals surface area contributed by atoms with Crippen LogP contribution in [-0.4, -0.2) is 13.2 Å². The summed E-state index contributed by atoms with van der Waals surface area (Å²) in [5.74, 6) is 1.83. The highest BCUT2D eigenvalue weighted by atomic mass is 16.5. The van der Waals surface area contributed by atoms with E-state index < -0.39 is 0 Å². The summed E-state index contributed by atoms with van der Waals surface area (Å²) in [6, 6.07) is 17.8. The molecule has 0 aliphatic heterocycles. The number of unbranched alkanes of at least 4 members (excludes halogenated alkanes) is 1. The zero-order valence-corrected chi connectivity index (χ0v) is 11.6. The van der Waals surface area contributed by atoms with Crippen molar-refractivity contribution in [1.29, 1.82) is 0 Å². The lowest BCUT2D eigenvalue weighted by Crippen LogP contribution is -2.02. The van der Waals surface area contributed by atoms with Gasteiger partial charge in [0.2, 0.25) is 0 Å². The first-order chi connectivity index (χ1) is 9.88. The Morgan fingerprint density at radius 1 is 0.750 bits per heavy atom. The van der Waals surface area contributed by atoms with Gasteiger partial charge < -0.3 is 9.47 Å². The molecule has 0 unspecified atom stereocenters. The molecule has 0 atom stereocenters. The van der Waals surface area contributed by atoms with Crippen molar-refractivity contribution in [3.8, 4) is 11.5 Å². The van der Waals surface area contributed by atoms with Crippen molar-refractivity contribution in [2.24, 2.45) is 0 Å². The van der Waals surface area contributed by atoms with E-state index in [1.807, 2.05) is 60.7 Å². The lowest BCUT2D eigenvalue weighted by Gasteiger charge is -2.07. The SMILES string of the molecule is C=Cc1ccc(OCCCCOc2ccccc2)cc1. The second-order valence-corrected chi connectivity index (χ2v) is 4.49. The summed E-state index contributed by atoms with van der Waals surface area (Å²) in [6.07, 6.45) is 3.79. The highest BCUT2D eigenvalue weighted by molar-refractivity contribution is 5.48. The van der Waals surface area contributed by atoms with Crippen molar-refractivity contribution in [1.82, 2.24) is 0 Å². The molecule has 104 valence electrons. The molecular weight excluding hydrogens is 248 g/mol. The van der Waals surface area contributed by atoms with Gasteiger partial charge in [-0.3, -0.25) is 0 Å². The van der Waals surface area contributed by atoms with Gasteiger partial charge in [-0.15, -0.1) is 0 Å². The first-order valence-corrected chi connectivity index (χ1v) is 6.91. The summed E-state index contributed by atoms with van der Waals surface area (Å²) in [7, 11) is 0. The van der Waals surface area contributed by atoms with E-state index in [1.54, 1.807) is 0 Å². The summed E-state index contributed by atoms with van der Waals surface area (Å²) in [4.78, 5) is 0. The van der Waals surface area contributed by atoms with Gasteiger partial charge >= 0.3 is 0 Å². The number of hydrogen-bond donors (Lipinski definition) is 0. The molecule has 0 saturated carbocycles. The number of benzene rings is 2. The van der Waals surface area contributed by atoms with E-state index >= 15 is 0 Å². The van der Waals surface area contributed by atoms with Crippen LogP contribution >= 0.6 is 0 Å². The molecule has 0 radical (unpaired) electrons. The molecule has 2 nitrogen and oxygen atoms in total. The van der Waals surface area contributed by atoms with E-state index in [0.717, 1.165) is 36.5 Å². The molecule has 0 heterocycles. The quantitative estimate of drug-likeness (QED) is 0.653. The first kappa shape index (κ1) is 14.2. The average Bonchev–Trinajstić information content (AvgIpc) is 2.52. The smallest absolute Gasteiger partial charge is 0.119 e. The number of hydrogen-bond acceptors (Lipinski definition) is 2. The highest BCUT2D eigenvalue weighted by Crippen LogP contribution is 2.13. The fourth-order valence-electron chi connectivity index (χ4n) is 1.80. The van der Waals surface area contributed by atoms with Crippen LogP contribution in [0.2, 0.25) is 0 Å². The number of ether oxygens (including phenoxy) is 2. The summed E-state index contributed by atoms with van der Waals surface area (Å²) in [5.41, 5.74) is 1.11. The molecule has 0 N–H and O–H groups in total. The predicted molar refractivity (Wildman–Crippen MR) is 83.2 cm³/mol. The molecule has 0 aromatic heterocycles. The molecule has 2 aromatic carbocycles. The third-order valence-corrected chi connectivity index (χ3v) is 2.94. The molecule has 0 saturated heterocycles. The molecule has 2 aromatic rings. The van der Waals surface area contributed by atoms with Crippen LogP contribution in [0.3, 0.4) is 0 Å². The van der Waals surface area contributed by atoms with Crippen LogP contribution in [-0.2, 0) is 0 Å². The van der Waals surface area contributed by atoms with Crippen molar-refractivity contribution < 1.29 is 9.47 Å². The molecule has 2 heteroatoms. The Labute approximate surface area is 120 Å². The van der Waals surface area contributed by atoms with Crippen LogP contribution in [0.4, 0.5) is 0 Å². The Bertz CT molecular complexity index is 503. The largest absolute Gasteiger partial charge is 0.494 e. The van der Waals surface area contributed by atoms with Crippen LogP contribution in [0.15, 0.2) is 61.2 Å². The van der Waals surface area contributed by atoms with Gasteiger partial charge in [0.05, 0.1) is 13.2 Å². The highest BCUT2D eigenvalue weighted by Gasteiger charge is 1.95. The van der Waals surface area contributed by atoms with Gasteiger partial charge in [-0.2, -0.15) is 0 Å². The molecule has 0 amide bonds. The molecule has 2 rings (SSSR count). The number of para-hydroxylation sites is 1. The Morgan fingerprint density at radius 3 is 1.85 bits per heavy atom. The van der Waals surface area contributed by atoms with E-state index in [0.29, 0.717) is 6.61 Å². The van der Waals surface area contributed by atoms with Gasteiger partial charge in [0.15, 0.2) is 0 Å². The van der Waals surface area contributed by atoms with Crippen molar-refractivity contribution in [2.45, 2.75) is 12.8 Å². The van der Waals surface area contributed by atoms with Crippen LogP contribution in [0.25, 0.3) is 6.08 Å². The minimum absolute atomic E-state index is 0.714. The van der Waals surface area contributed by atoms with Gasteiger partial charge in [-0.1, -0.05) is 43.0 Å². The third kappa shape index (κ3) is 4.81. The second-order valence-electron chi connectivity index (χ2n) is 4.49. The maximum absolute atomic E-state index is 5.67. The van der Waals surface area contributed by atoms with Crippen LogP contribution in [0.5, 0.6) is 11.5 Å². The summed E-state index contributed by atoms with van der Waals surface area (Å²) < 4.78 is 11.3. The Morgan fingerprint density at radius 2 is 1.30 bits per heavy atom. The van der Waals surface area contributed by atoms with Crippen molar-refractivity contribution in [3.63, 3.8) is 0 Å². The van der Waals surface area contributed by atoms with E-state index in [2.05, 4.69) is 6.58 Å². The van der Waals surface area contributed by atoms with Gasteiger partial charge in [0.25, 0.3) is 0 Å². The summed E-state index contributed by atoms with van der Waals surface area (Å²) in [5, 5.41) is 0. The Hall–Kier alpha value is -2.22. The normalized spacial score (nSPS) is 10.0. The van der Waals surface area contributed by atoms with Gasteiger partial charge in [0, 0.05) is 0 Å². The van der Waals surface area contributed by atoms with Crippen LogP contribution < -0.4 is 9.47 Å². The summed E-state index contributed by atoms with van der Waals surface area (Å²) in [6.45, 7) is 5.17. The number of rotatable bonds is 8. The molecular formula is C18H20O2. The standard InChI is InChI=1S/C18H20O2/c1-2-16-10-12-18(13-11-16)20-15-7-6-14-19-17-8-4-3-5-9-17/h2-5,8-13H,1,6-7,14-15H2. The zero-order valence-electron chi connectivity index (χ0n) is 11.6. The van der Waals surface area contributed by atoms with Crippen LogP contribution in [0.1, 0.15) is 18.4 Å². The monoisotopic (exact) mass is 268 g/mol. The molecule has 0 bridgehead atoms. The third-order valence-electron chi connectivity index (χ3n) is 2.94. The Kier molecular flexibility index (Phi) is 5.71. The molecule has 20 heavy (non-hydrogen) atoms.